The summed E-state index contributed by atoms with van der Waals surface area (Å²) in [6.45, 7) is 5.32. The van der Waals surface area contributed by atoms with Crippen LogP contribution >= 0.6 is 0 Å². The van der Waals surface area contributed by atoms with Gasteiger partial charge in [-0.1, -0.05) is 0 Å². The average Bonchev–Trinajstić information content (AvgIpc) is 3.18. The molecule has 1 aromatic heterocycles. The monoisotopic (exact) mass is 343 g/mol. The van der Waals surface area contributed by atoms with E-state index >= 15 is 0 Å². The highest BCUT2D eigenvalue weighted by molar-refractivity contribution is 5.99. The molecule has 25 heavy (non-hydrogen) atoms. The number of anilines is 2. The maximum atomic E-state index is 11.1. The van der Waals surface area contributed by atoms with Crippen LogP contribution in [-0.4, -0.2) is 48.3 Å². The van der Waals surface area contributed by atoms with Crippen molar-refractivity contribution in [3.05, 3.63) is 18.0 Å². The number of hydrogen-bond donors (Lipinski definition) is 2. The summed E-state index contributed by atoms with van der Waals surface area (Å²) in [5.74, 6) is 1.01. The van der Waals surface area contributed by atoms with E-state index in [-0.39, 0.29) is 6.04 Å². The Hall–Kier alpha value is -2.12. The number of carbonyl (C=O) groups is 1. The van der Waals surface area contributed by atoms with E-state index in [9.17, 15) is 4.79 Å². The molecule has 2 aliphatic rings. The van der Waals surface area contributed by atoms with Crippen molar-refractivity contribution in [1.82, 2.24) is 9.55 Å². The molecule has 2 saturated heterocycles. The second kappa shape index (κ2) is 6.65. The van der Waals surface area contributed by atoms with Gasteiger partial charge in [-0.05, 0) is 38.3 Å². The highest BCUT2D eigenvalue weighted by atomic mass is 16.5. The van der Waals surface area contributed by atoms with Gasteiger partial charge in [0.15, 0.2) is 0 Å². The Balaban J connectivity index is 1.85. The number of nitrogens with two attached hydrogens (primary N) is 1. The van der Waals surface area contributed by atoms with Crippen LogP contribution in [-0.2, 0) is 9.53 Å². The lowest BCUT2D eigenvalue weighted by molar-refractivity contribution is -0.105. The zero-order valence-electron chi connectivity index (χ0n) is 14.6. The van der Waals surface area contributed by atoms with Crippen LogP contribution in [0.5, 0.6) is 0 Å². The summed E-state index contributed by atoms with van der Waals surface area (Å²) in [5, 5.41) is 2.84. The largest absolute Gasteiger partial charge is 0.381 e. The molecule has 1 atom stereocenters. The van der Waals surface area contributed by atoms with E-state index in [1.807, 2.05) is 6.07 Å². The van der Waals surface area contributed by atoms with Gasteiger partial charge in [-0.3, -0.25) is 4.79 Å². The standard InChI is InChI=1S/C18H25N5O2/c1-12-21-17-16(23(12)14-5-8-25-9-6-14)3-2-15(20-11-24)18(17)22-7-4-13(19)10-22/h2-3,11,13-14H,4-10,19H2,1H3,(H,20,24). The molecule has 0 radical (unpaired) electrons. The topological polar surface area (TPSA) is 85.4 Å². The minimum absolute atomic E-state index is 0.165. The summed E-state index contributed by atoms with van der Waals surface area (Å²) < 4.78 is 7.85. The lowest BCUT2D eigenvalue weighted by Crippen LogP contribution is -2.27. The second-order valence-electron chi connectivity index (χ2n) is 6.96. The summed E-state index contributed by atoms with van der Waals surface area (Å²) in [5.41, 5.74) is 9.97. The number of ether oxygens (including phenoxy) is 1. The molecular formula is C18H25N5O2. The molecule has 134 valence electrons. The number of aryl methyl sites for hydroxylation is 1. The lowest BCUT2D eigenvalue weighted by atomic mass is 10.1. The molecule has 1 aromatic carbocycles. The van der Waals surface area contributed by atoms with Crippen molar-refractivity contribution < 1.29 is 9.53 Å². The normalized spacial score (nSPS) is 21.8. The van der Waals surface area contributed by atoms with Gasteiger partial charge in [-0.15, -0.1) is 0 Å². The number of imidazole rings is 1. The Morgan fingerprint density at radius 3 is 2.80 bits per heavy atom. The van der Waals surface area contributed by atoms with Gasteiger partial charge >= 0.3 is 0 Å². The molecule has 1 unspecified atom stereocenters. The van der Waals surface area contributed by atoms with Crippen molar-refractivity contribution in [2.75, 3.05) is 36.5 Å². The van der Waals surface area contributed by atoms with Crippen molar-refractivity contribution in [3.63, 3.8) is 0 Å². The van der Waals surface area contributed by atoms with E-state index in [1.165, 1.54) is 0 Å². The molecule has 3 N–H and O–H groups in total. The van der Waals surface area contributed by atoms with E-state index < -0.39 is 0 Å². The zero-order chi connectivity index (χ0) is 17.4. The van der Waals surface area contributed by atoms with E-state index in [2.05, 4.69) is 27.8 Å². The molecule has 2 aromatic rings. The number of nitrogens with zero attached hydrogens (tertiary/aromatic N) is 3. The van der Waals surface area contributed by atoms with Gasteiger partial charge in [0.05, 0.1) is 16.9 Å². The Labute approximate surface area is 147 Å². The summed E-state index contributed by atoms with van der Waals surface area (Å²) in [6, 6.07) is 4.62. The van der Waals surface area contributed by atoms with Crippen LogP contribution in [0.2, 0.25) is 0 Å². The predicted octanol–water partition coefficient (Wildman–Crippen LogP) is 1.80. The van der Waals surface area contributed by atoms with E-state index in [1.54, 1.807) is 0 Å². The second-order valence-corrected chi connectivity index (χ2v) is 6.96. The Morgan fingerprint density at radius 1 is 1.32 bits per heavy atom. The van der Waals surface area contributed by atoms with E-state index in [0.717, 1.165) is 80.2 Å². The minimum atomic E-state index is 0.165. The Kier molecular flexibility index (Phi) is 4.35. The van der Waals surface area contributed by atoms with Gasteiger partial charge < -0.3 is 25.3 Å². The van der Waals surface area contributed by atoms with Crippen molar-refractivity contribution in [2.24, 2.45) is 5.73 Å². The van der Waals surface area contributed by atoms with Gasteiger partial charge in [0, 0.05) is 38.4 Å². The van der Waals surface area contributed by atoms with Crippen molar-refractivity contribution in [1.29, 1.82) is 0 Å². The first-order valence-corrected chi connectivity index (χ1v) is 8.99. The van der Waals surface area contributed by atoms with Gasteiger partial charge in [0.1, 0.15) is 11.3 Å². The molecule has 3 heterocycles. The fraction of sp³-hybridized carbons (Fsp3) is 0.556. The molecule has 0 spiro atoms. The van der Waals surface area contributed by atoms with Gasteiger partial charge in [-0.25, -0.2) is 4.98 Å². The van der Waals surface area contributed by atoms with Crippen LogP contribution in [0.1, 0.15) is 31.1 Å². The highest BCUT2D eigenvalue weighted by Crippen LogP contribution is 2.38. The fourth-order valence-corrected chi connectivity index (χ4v) is 4.16. The number of amides is 1. The third-order valence-electron chi connectivity index (χ3n) is 5.32. The molecule has 2 aliphatic heterocycles. The maximum Gasteiger partial charge on any atom is 0.211 e. The quantitative estimate of drug-likeness (QED) is 0.827. The molecule has 7 nitrogen and oxygen atoms in total. The maximum absolute atomic E-state index is 11.1. The molecule has 0 aliphatic carbocycles. The molecular weight excluding hydrogens is 318 g/mol. The van der Waals surface area contributed by atoms with Crippen LogP contribution in [0.3, 0.4) is 0 Å². The molecule has 2 fully saturated rings. The van der Waals surface area contributed by atoms with Crippen molar-refractivity contribution in [2.45, 2.75) is 38.3 Å². The van der Waals surface area contributed by atoms with Crippen molar-refractivity contribution in [3.8, 4) is 0 Å². The molecule has 0 bridgehead atoms. The van der Waals surface area contributed by atoms with Crippen LogP contribution < -0.4 is 16.0 Å². The van der Waals surface area contributed by atoms with Crippen LogP contribution in [0, 0.1) is 6.92 Å². The molecule has 4 rings (SSSR count). The number of rotatable bonds is 4. The van der Waals surface area contributed by atoms with Gasteiger partial charge in [-0.2, -0.15) is 0 Å². The summed E-state index contributed by atoms with van der Waals surface area (Å²) in [6.07, 6.45) is 3.69. The number of hydrogen-bond acceptors (Lipinski definition) is 5. The predicted molar refractivity (Wildman–Crippen MR) is 98.1 cm³/mol. The van der Waals surface area contributed by atoms with Gasteiger partial charge in [0.25, 0.3) is 0 Å². The van der Waals surface area contributed by atoms with Gasteiger partial charge in [0.2, 0.25) is 6.41 Å². The number of carbonyl (C=O) groups excluding carboxylic acids is 1. The Morgan fingerprint density at radius 2 is 2.12 bits per heavy atom. The average molecular weight is 343 g/mol. The third-order valence-corrected chi connectivity index (χ3v) is 5.32. The SMILES string of the molecule is Cc1nc2c(N3CCC(N)C3)c(NC=O)ccc2n1C1CCOCC1. The van der Waals surface area contributed by atoms with Crippen molar-refractivity contribution >= 4 is 28.8 Å². The molecule has 1 amide bonds. The first-order chi connectivity index (χ1) is 12.2. The van der Waals surface area contributed by atoms with Crippen LogP contribution in [0.15, 0.2) is 12.1 Å². The van der Waals surface area contributed by atoms with Crippen LogP contribution in [0.4, 0.5) is 11.4 Å². The van der Waals surface area contributed by atoms with E-state index in [0.29, 0.717) is 6.04 Å². The van der Waals surface area contributed by atoms with E-state index in [4.69, 9.17) is 15.5 Å². The van der Waals surface area contributed by atoms with Crippen LogP contribution in [0.25, 0.3) is 11.0 Å². The third kappa shape index (κ3) is 2.87. The summed E-state index contributed by atoms with van der Waals surface area (Å²) in [4.78, 5) is 18.2. The molecule has 0 saturated carbocycles. The lowest BCUT2D eigenvalue weighted by Gasteiger charge is -2.26. The number of aromatic nitrogens is 2. The molecule has 7 heteroatoms. The number of fused-ring (bicyclic) bond motifs is 1. The first kappa shape index (κ1) is 16.4. The fourth-order valence-electron chi connectivity index (χ4n) is 4.16. The summed E-state index contributed by atoms with van der Waals surface area (Å²) in [7, 11) is 0. The number of nitrogens with one attached hydrogen (secondary N) is 1. The number of benzene rings is 1. The zero-order valence-corrected chi connectivity index (χ0v) is 14.6. The highest BCUT2D eigenvalue weighted by Gasteiger charge is 2.27. The Bertz CT molecular complexity index is 781. The first-order valence-electron chi connectivity index (χ1n) is 8.99. The minimum Gasteiger partial charge on any atom is -0.381 e. The smallest absolute Gasteiger partial charge is 0.211 e. The summed E-state index contributed by atoms with van der Waals surface area (Å²) >= 11 is 0.